The summed E-state index contributed by atoms with van der Waals surface area (Å²) in [5, 5.41) is 0. The average molecular weight is 365 g/mol. The van der Waals surface area contributed by atoms with Crippen molar-refractivity contribution in [1.29, 1.82) is 0 Å². The molecule has 0 aliphatic heterocycles. The fourth-order valence-electron chi connectivity index (χ4n) is 1.86. The molecule has 0 aliphatic carbocycles. The van der Waals surface area contributed by atoms with Crippen molar-refractivity contribution in [2.45, 2.75) is 12.8 Å². The van der Waals surface area contributed by atoms with E-state index in [1.165, 1.54) is 37.5 Å². The summed E-state index contributed by atoms with van der Waals surface area (Å²) < 4.78 is 71.0. The van der Waals surface area contributed by atoms with Crippen LogP contribution in [0.1, 0.15) is 5.56 Å². The number of carbonyl (C=O) groups is 1. The van der Waals surface area contributed by atoms with Gasteiger partial charge in [0.05, 0.1) is 7.11 Å². The molecule has 9 heteroatoms. The molecule has 1 aromatic carbocycles. The molecule has 1 rings (SSSR count). The normalized spacial score (nSPS) is 11.6. The Morgan fingerprint density at radius 1 is 1.32 bits per heavy atom. The highest BCUT2D eigenvalue weighted by molar-refractivity contribution is 5.92. The topological polar surface area (TPSA) is 38.8 Å². The lowest BCUT2D eigenvalue weighted by Gasteiger charge is -2.20. The molecular formula is C16H16F5NO3. The van der Waals surface area contributed by atoms with E-state index in [1.54, 1.807) is 0 Å². The van der Waals surface area contributed by atoms with Crippen molar-refractivity contribution in [3.05, 3.63) is 42.5 Å². The van der Waals surface area contributed by atoms with E-state index >= 15 is 0 Å². The highest BCUT2D eigenvalue weighted by Gasteiger charge is 2.31. The van der Waals surface area contributed by atoms with Gasteiger partial charge in [0.25, 0.3) is 0 Å². The summed E-state index contributed by atoms with van der Waals surface area (Å²) in [7, 11) is 1.24. The van der Waals surface area contributed by atoms with Crippen molar-refractivity contribution in [2.75, 3.05) is 20.2 Å². The summed E-state index contributed by atoms with van der Waals surface area (Å²) in [6.07, 6.45) is -1.18. The maximum Gasteiger partial charge on any atom is 0.406 e. The van der Waals surface area contributed by atoms with Gasteiger partial charge in [0.2, 0.25) is 5.91 Å². The first kappa shape index (κ1) is 20.5. The molecule has 0 spiro atoms. The molecule has 138 valence electrons. The third kappa shape index (κ3) is 7.23. The second kappa shape index (κ2) is 9.05. The largest absolute Gasteiger partial charge is 0.493 e. The maximum absolute atomic E-state index is 12.5. The van der Waals surface area contributed by atoms with Gasteiger partial charge in [-0.05, 0) is 23.8 Å². The van der Waals surface area contributed by atoms with E-state index < -0.39 is 25.2 Å². The van der Waals surface area contributed by atoms with Gasteiger partial charge < -0.3 is 14.4 Å². The Balaban J connectivity index is 2.91. The molecule has 0 N–H and O–H groups in total. The van der Waals surface area contributed by atoms with Crippen LogP contribution in [0, 0.1) is 0 Å². The van der Waals surface area contributed by atoms with E-state index in [0.717, 1.165) is 6.08 Å². The Morgan fingerprint density at radius 3 is 2.52 bits per heavy atom. The van der Waals surface area contributed by atoms with Crippen LogP contribution in [0.4, 0.5) is 22.0 Å². The smallest absolute Gasteiger partial charge is 0.406 e. The fraction of sp³-hybridized carbons (Fsp3) is 0.312. The number of hydrogen-bond acceptors (Lipinski definition) is 3. The van der Waals surface area contributed by atoms with Crippen LogP contribution in [0.15, 0.2) is 36.9 Å². The molecule has 25 heavy (non-hydrogen) atoms. The van der Waals surface area contributed by atoms with Crippen molar-refractivity contribution in [1.82, 2.24) is 4.90 Å². The van der Waals surface area contributed by atoms with Crippen molar-refractivity contribution < 1.29 is 36.2 Å². The quantitative estimate of drug-likeness (QED) is 0.399. The third-order valence-corrected chi connectivity index (χ3v) is 2.85. The van der Waals surface area contributed by atoms with Gasteiger partial charge in [-0.15, -0.1) is 6.58 Å². The van der Waals surface area contributed by atoms with E-state index in [0.29, 0.717) is 10.5 Å². The molecule has 0 unspecified atom stereocenters. The molecule has 0 radical (unpaired) electrons. The average Bonchev–Trinajstić information content (AvgIpc) is 2.51. The van der Waals surface area contributed by atoms with Crippen LogP contribution >= 0.6 is 0 Å². The Hall–Kier alpha value is -2.58. The number of halogens is 5. The van der Waals surface area contributed by atoms with Gasteiger partial charge in [0.15, 0.2) is 11.5 Å². The highest BCUT2D eigenvalue weighted by Crippen LogP contribution is 2.29. The molecule has 0 aliphatic rings. The second-order valence-corrected chi connectivity index (χ2v) is 4.74. The summed E-state index contributed by atoms with van der Waals surface area (Å²) in [6.45, 7) is -1.41. The lowest BCUT2D eigenvalue weighted by Crippen LogP contribution is -2.38. The molecule has 1 amide bonds. The van der Waals surface area contributed by atoms with Gasteiger partial charge >= 0.3 is 12.8 Å². The number of ether oxygens (including phenoxy) is 2. The van der Waals surface area contributed by atoms with Gasteiger partial charge in [-0.25, -0.2) is 0 Å². The Bertz CT molecular complexity index is 629. The van der Waals surface area contributed by atoms with E-state index in [1.807, 2.05) is 0 Å². The van der Waals surface area contributed by atoms with Crippen LogP contribution in [-0.4, -0.2) is 43.8 Å². The van der Waals surface area contributed by atoms with Crippen LogP contribution in [0.25, 0.3) is 6.08 Å². The summed E-state index contributed by atoms with van der Waals surface area (Å²) in [5.41, 5.74) is 0.359. The molecular weight excluding hydrogens is 349 g/mol. The van der Waals surface area contributed by atoms with E-state index in [-0.39, 0.29) is 18.0 Å². The Morgan fingerprint density at radius 2 is 2.00 bits per heavy atom. The standard InChI is InChI=1S/C16H16F5NO3/c1-3-8-22(10-16(19,20)21)14(23)7-5-11-4-6-12(25-15(17)18)13(9-11)24-2/h3-7,9,15H,1,8,10H2,2H3/b7-5+. The predicted molar refractivity (Wildman–Crippen MR) is 81.5 cm³/mol. The van der Waals surface area contributed by atoms with Crippen LogP contribution < -0.4 is 9.47 Å². The molecule has 0 atom stereocenters. The van der Waals surface area contributed by atoms with Crippen molar-refractivity contribution >= 4 is 12.0 Å². The number of methoxy groups -OCH3 is 1. The minimum atomic E-state index is -4.54. The van der Waals surface area contributed by atoms with Crippen LogP contribution in [-0.2, 0) is 4.79 Å². The number of rotatable bonds is 8. The Labute approximate surface area is 141 Å². The number of alkyl halides is 5. The number of hydrogen-bond donors (Lipinski definition) is 0. The molecule has 0 aromatic heterocycles. The lowest BCUT2D eigenvalue weighted by molar-refractivity contribution is -0.157. The van der Waals surface area contributed by atoms with Crippen molar-refractivity contribution in [3.63, 3.8) is 0 Å². The lowest BCUT2D eigenvalue weighted by atomic mass is 10.2. The van der Waals surface area contributed by atoms with Crippen molar-refractivity contribution in [3.8, 4) is 11.5 Å². The number of carbonyl (C=O) groups excluding carboxylic acids is 1. The molecule has 0 saturated heterocycles. The summed E-state index contributed by atoms with van der Waals surface area (Å²) in [4.78, 5) is 12.5. The highest BCUT2D eigenvalue weighted by atomic mass is 19.4. The number of amides is 1. The zero-order chi connectivity index (χ0) is 19.0. The minimum Gasteiger partial charge on any atom is -0.493 e. The molecule has 0 fully saturated rings. The molecule has 1 aromatic rings. The summed E-state index contributed by atoms with van der Waals surface area (Å²) in [5.74, 6) is -1.08. The summed E-state index contributed by atoms with van der Waals surface area (Å²) >= 11 is 0. The zero-order valence-corrected chi connectivity index (χ0v) is 13.2. The molecule has 0 heterocycles. The van der Waals surface area contributed by atoms with Gasteiger partial charge in [-0.3, -0.25) is 4.79 Å². The number of benzene rings is 1. The number of nitrogens with zero attached hydrogens (tertiary/aromatic N) is 1. The van der Waals surface area contributed by atoms with Gasteiger partial charge in [0, 0.05) is 12.6 Å². The SMILES string of the molecule is C=CCN(CC(F)(F)F)C(=O)/C=C/c1ccc(OC(F)F)c(OC)c1. The zero-order valence-electron chi connectivity index (χ0n) is 13.2. The molecule has 4 nitrogen and oxygen atoms in total. The van der Waals surface area contributed by atoms with Gasteiger partial charge in [-0.1, -0.05) is 12.1 Å². The van der Waals surface area contributed by atoms with E-state index in [4.69, 9.17) is 4.74 Å². The maximum atomic E-state index is 12.5. The summed E-state index contributed by atoms with van der Waals surface area (Å²) in [6, 6.07) is 3.86. The first-order valence-electron chi connectivity index (χ1n) is 6.93. The fourth-order valence-corrected chi connectivity index (χ4v) is 1.86. The van der Waals surface area contributed by atoms with E-state index in [2.05, 4.69) is 11.3 Å². The third-order valence-electron chi connectivity index (χ3n) is 2.85. The second-order valence-electron chi connectivity index (χ2n) is 4.74. The minimum absolute atomic E-state index is 0.00635. The van der Waals surface area contributed by atoms with Crippen LogP contribution in [0.3, 0.4) is 0 Å². The van der Waals surface area contributed by atoms with Crippen LogP contribution in [0.5, 0.6) is 11.5 Å². The molecule has 0 saturated carbocycles. The monoisotopic (exact) mass is 365 g/mol. The van der Waals surface area contributed by atoms with Gasteiger partial charge in [-0.2, -0.15) is 22.0 Å². The van der Waals surface area contributed by atoms with Crippen LogP contribution in [0.2, 0.25) is 0 Å². The van der Waals surface area contributed by atoms with Crippen molar-refractivity contribution in [2.24, 2.45) is 0 Å². The Kier molecular flexibility index (Phi) is 7.41. The van der Waals surface area contributed by atoms with Gasteiger partial charge in [0.1, 0.15) is 6.54 Å². The predicted octanol–water partition coefficient (Wildman–Crippen LogP) is 3.89. The molecule has 0 bridgehead atoms. The first-order valence-corrected chi connectivity index (χ1v) is 6.93. The van der Waals surface area contributed by atoms with E-state index in [9.17, 15) is 26.7 Å². The first-order chi connectivity index (χ1) is 11.7.